The molecule has 5 heteroatoms. The minimum absolute atomic E-state index is 0.119. The van der Waals surface area contributed by atoms with Gasteiger partial charge in [0.05, 0.1) is 20.3 Å². The maximum Gasteiger partial charge on any atom is 0.251 e. The van der Waals surface area contributed by atoms with Crippen molar-refractivity contribution in [2.24, 2.45) is 0 Å². The molecule has 0 bridgehead atoms. The molecule has 1 aliphatic rings. The summed E-state index contributed by atoms with van der Waals surface area (Å²) in [5, 5.41) is 3.12. The van der Waals surface area contributed by atoms with Crippen molar-refractivity contribution in [3.05, 3.63) is 59.2 Å². The Morgan fingerprint density at radius 2 is 1.61 bits per heavy atom. The molecule has 0 saturated carbocycles. The number of aryl methyl sites for hydroxylation is 1. The summed E-state index contributed by atoms with van der Waals surface area (Å²) < 4.78 is 10.6. The Kier molecular flexibility index (Phi) is 6.93. The lowest BCUT2D eigenvalue weighted by Crippen LogP contribution is -2.40. The van der Waals surface area contributed by atoms with E-state index in [9.17, 15) is 4.79 Å². The van der Waals surface area contributed by atoms with Gasteiger partial charge in [0.2, 0.25) is 0 Å². The van der Waals surface area contributed by atoms with Crippen molar-refractivity contribution in [2.75, 3.05) is 33.9 Å². The monoisotopic (exact) mass is 382 g/mol. The predicted molar refractivity (Wildman–Crippen MR) is 111 cm³/mol. The number of hydrogen-bond donors (Lipinski definition) is 1. The molecule has 1 unspecified atom stereocenters. The van der Waals surface area contributed by atoms with Gasteiger partial charge in [-0.1, -0.05) is 36.2 Å². The molecule has 1 N–H and O–H groups in total. The third kappa shape index (κ3) is 5.04. The van der Waals surface area contributed by atoms with Crippen LogP contribution in [-0.4, -0.2) is 44.7 Å². The Morgan fingerprint density at radius 1 is 1.00 bits per heavy atom. The van der Waals surface area contributed by atoms with E-state index in [4.69, 9.17) is 9.47 Å². The molecule has 0 aliphatic carbocycles. The molecule has 1 aliphatic heterocycles. The topological polar surface area (TPSA) is 50.8 Å². The highest BCUT2D eigenvalue weighted by molar-refractivity contribution is 5.95. The standard InChI is InChI=1S/C23H30N2O3/c1-17-7-9-18(10-8-17)22(25-11-5-4-6-12-25)16-24-23(26)19-13-20(27-2)15-21(14-19)28-3/h7-10,13-15,22H,4-6,11-12,16H2,1-3H3,(H,24,26). The van der Waals surface area contributed by atoms with Gasteiger partial charge in [0.15, 0.2) is 0 Å². The van der Waals surface area contributed by atoms with Gasteiger partial charge in [-0.05, 0) is 50.6 Å². The Morgan fingerprint density at radius 3 is 2.18 bits per heavy atom. The van der Waals surface area contributed by atoms with E-state index in [0.29, 0.717) is 23.6 Å². The van der Waals surface area contributed by atoms with Gasteiger partial charge in [-0.25, -0.2) is 0 Å². The van der Waals surface area contributed by atoms with E-state index in [2.05, 4.69) is 41.4 Å². The minimum Gasteiger partial charge on any atom is -0.497 e. The number of carbonyl (C=O) groups is 1. The number of likely N-dealkylation sites (tertiary alicyclic amines) is 1. The number of nitrogens with one attached hydrogen (secondary N) is 1. The Labute approximate surface area is 167 Å². The summed E-state index contributed by atoms with van der Waals surface area (Å²) in [4.78, 5) is 15.3. The first kappa shape index (κ1) is 20.2. The molecule has 1 fully saturated rings. The van der Waals surface area contributed by atoms with Crippen LogP contribution in [0.2, 0.25) is 0 Å². The van der Waals surface area contributed by atoms with E-state index in [1.54, 1.807) is 32.4 Å². The van der Waals surface area contributed by atoms with Crippen molar-refractivity contribution in [3.8, 4) is 11.5 Å². The van der Waals surface area contributed by atoms with Gasteiger partial charge in [-0.3, -0.25) is 9.69 Å². The molecule has 0 spiro atoms. The number of amides is 1. The summed E-state index contributed by atoms with van der Waals surface area (Å²) in [6, 6.07) is 14.0. The number of rotatable bonds is 7. The zero-order chi connectivity index (χ0) is 19.9. The van der Waals surface area contributed by atoms with Crippen LogP contribution in [0.15, 0.2) is 42.5 Å². The van der Waals surface area contributed by atoms with Crippen molar-refractivity contribution in [3.63, 3.8) is 0 Å². The molecular formula is C23H30N2O3. The second-order valence-corrected chi connectivity index (χ2v) is 7.33. The number of benzene rings is 2. The Bertz CT molecular complexity index is 761. The van der Waals surface area contributed by atoms with E-state index < -0.39 is 0 Å². The summed E-state index contributed by atoms with van der Waals surface area (Å²) in [5.41, 5.74) is 3.03. The third-order valence-electron chi connectivity index (χ3n) is 5.36. The quantitative estimate of drug-likeness (QED) is 0.787. The molecule has 0 radical (unpaired) electrons. The Hall–Kier alpha value is -2.53. The molecule has 3 rings (SSSR count). The number of carbonyl (C=O) groups excluding carboxylic acids is 1. The molecule has 1 amide bonds. The molecule has 5 nitrogen and oxygen atoms in total. The number of nitrogens with zero attached hydrogens (tertiary/aromatic N) is 1. The lowest BCUT2D eigenvalue weighted by atomic mass is 10.0. The lowest BCUT2D eigenvalue weighted by Gasteiger charge is -2.35. The van der Waals surface area contributed by atoms with Gasteiger partial charge in [0.25, 0.3) is 5.91 Å². The molecule has 2 aromatic carbocycles. The maximum atomic E-state index is 12.8. The summed E-state index contributed by atoms with van der Waals surface area (Å²) >= 11 is 0. The highest BCUT2D eigenvalue weighted by Crippen LogP contribution is 2.26. The fraction of sp³-hybridized carbons (Fsp3) is 0.435. The third-order valence-corrected chi connectivity index (χ3v) is 5.36. The fourth-order valence-corrected chi connectivity index (χ4v) is 3.71. The van der Waals surface area contributed by atoms with Crippen LogP contribution in [0, 0.1) is 6.92 Å². The molecule has 1 saturated heterocycles. The zero-order valence-corrected chi connectivity index (χ0v) is 17.0. The molecule has 2 aromatic rings. The highest BCUT2D eigenvalue weighted by Gasteiger charge is 2.23. The summed E-state index contributed by atoms with van der Waals surface area (Å²) in [6.07, 6.45) is 3.71. The van der Waals surface area contributed by atoms with Crippen molar-refractivity contribution in [1.29, 1.82) is 0 Å². The number of piperidine rings is 1. The van der Waals surface area contributed by atoms with Crippen LogP contribution in [0.25, 0.3) is 0 Å². The maximum absolute atomic E-state index is 12.8. The predicted octanol–water partition coefficient (Wildman–Crippen LogP) is 3.97. The van der Waals surface area contributed by atoms with Gasteiger partial charge in [-0.15, -0.1) is 0 Å². The SMILES string of the molecule is COc1cc(OC)cc(C(=O)NCC(c2ccc(C)cc2)N2CCCCC2)c1. The van der Waals surface area contributed by atoms with Crippen LogP contribution in [-0.2, 0) is 0 Å². The van der Waals surface area contributed by atoms with E-state index in [1.165, 1.54) is 30.4 Å². The molecule has 0 aromatic heterocycles. The van der Waals surface area contributed by atoms with Gasteiger partial charge in [0, 0.05) is 18.2 Å². The number of ether oxygens (including phenoxy) is 2. The lowest BCUT2D eigenvalue weighted by molar-refractivity contribution is 0.0923. The highest BCUT2D eigenvalue weighted by atomic mass is 16.5. The van der Waals surface area contributed by atoms with Crippen LogP contribution >= 0.6 is 0 Å². The average Bonchev–Trinajstić information content (AvgIpc) is 2.75. The van der Waals surface area contributed by atoms with Crippen molar-refractivity contribution >= 4 is 5.91 Å². The number of methoxy groups -OCH3 is 2. The smallest absolute Gasteiger partial charge is 0.251 e. The summed E-state index contributed by atoms with van der Waals surface area (Å²) in [6.45, 7) is 4.81. The second-order valence-electron chi connectivity index (χ2n) is 7.33. The molecule has 150 valence electrons. The average molecular weight is 383 g/mol. The van der Waals surface area contributed by atoms with E-state index in [-0.39, 0.29) is 11.9 Å². The second kappa shape index (κ2) is 9.60. The van der Waals surface area contributed by atoms with Gasteiger partial charge < -0.3 is 14.8 Å². The van der Waals surface area contributed by atoms with E-state index in [0.717, 1.165) is 13.1 Å². The first-order valence-corrected chi connectivity index (χ1v) is 9.92. The van der Waals surface area contributed by atoms with Gasteiger partial charge in [-0.2, -0.15) is 0 Å². The first-order valence-electron chi connectivity index (χ1n) is 9.92. The van der Waals surface area contributed by atoms with Crippen LogP contribution in [0.1, 0.15) is 46.8 Å². The van der Waals surface area contributed by atoms with Crippen LogP contribution < -0.4 is 14.8 Å². The van der Waals surface area contributed by atoms with E-state index in [1.807, 2.05) is 0 Å². The fourth-order valence-electron chi connectivity index (χ4n) is 3.71. The number of hydrogen-bond acceptors (Lipinski definition) is 4. The van der Waals surface area contributed by atoms with Crippen LogP contribution in [0.5, 0.6) is 11.5 Å². The molecule has 28 heavy (non-hydrogen) atoms. The molecule has 1 atom stereocenters. The van der Waals surface area contributed by atoms with Crippen LogP contribution in [0.3, 0.4) is 0 Å². The zero-order valence-electron chi connectivity index (χ0n) is 17.0. The van der Waals surface area contributed by atoms with Gasteiger partial charge in [0.1, 0.15) is 11.5 Å². The van der Waals surface area contributed by atoms with Crippen LogP contribution in [0.4, 0.5) is 0 Å². The minimum atomic E-state index is -0.119. The van der Waals surface area contributed by atoms with Gasteiger partial charge >= 0.3 is 0 Å². The van der Waals surface area contributed by atoms with E-state index >= 15 is 0 Å². The Balaban J connectivity index is 1.75. The molecular weight excluding hydrogens is 352 g/mol. The normalized spacial score (nSPS) is 15.7. The summed E-state index contributed by atoms with van der Waals surface area (Å²) in [7, 11) is 3.17. The van der Waals surface area contributed by atoms with Crippen molar-refractivity contribution < 1.29 is 14.3 Å². The first-order chi connectivity index (χ1) is 13.6. The largest absolute Gasteiger partial charge is 0.497 e. The van der Waals surface area contributed by atoms with Crippen molar-refractivity contribution in [1.82, 2.24) is 10.2 Å². The van der Waals surface area contributed by atoms with Crippen molar-refractivity contribution in [2.45, 2.75) is 32.2 Å². The summed E-state index contributed by atoms with van der Waals surface area (Å²) in [5.74, 6) is 1.09. The molecule has 1 heterocycles.